The van der Waals surface area contributed by atoms with Crippen molar-refractivity contribution < 1.29 is 8.95 Å². The number of ether oxygens (including phenoxy) is 1. The van der Waals surface area contributed by atoms with Crippen molar-refractivity contribution in [1.82, 2.24) is 0 Å². The quantitative estimate of drug-likeness (QED) is 0.884. The molecule has 1 heterocycles. The fourth-order valence-corrected chi connectivity index (χ4v) is 3.58. The van der Waals surface area contributed by atoms with Crippen LogP contribution in [0.3, 0.4) is 0 Å². The molecule has 94 valence electrons. The molecule has 0 fully saturated rings. The molecule has 0 saturated carbocycles. The molecule has 0 saturated heterocycles. The third-order valence-electron chi connectivity index (χ3n) is 2.62. The molecule has 0 aromatic heterocycles. The highest BCUT2D eigenvalue weighted by atomic mass is 32.2. The van der Waals surface area contributed by atoms with Gasteiger partial charge >= 0.3 is 0 Å². The van der Waals surface area contributed by atoms with E-state index in [-0.39, 0.29) is 11.6 Å². The largest absolute Gasteiger partial charge is 0.489 e. The average molecular weight is 253 g/mol. The molecule has 1 aromatic rings. The first-order chi connectivity index (χ1) is 7.94. The fourth-order valence-electron chi connectivity index (χ4n) is 2.03. The minimum absolute atomic E-state index is 0.0376. The lowest BCUT2D eigenvalue weighted by molar-refractivity contribution is 0.258. The number of hydrogen-bond donors (Lipinski definition) is 1. The van der Waals surface area contributed by atoms with E-state index in [1.165, 1.54) is 5.56 Å². The summed E-state index contributed by atoms with van der Waals surface area (Å²) in [6.07, 6.45) is 0.892. The average Bonchev–Trinajstić information content (AvgIpc) is 2.55. The standard InChI is InChI=1S/C13H19NO2S/c1-13(2,14)9-17(15)8-11-7-10-5-3-4-6-12(10)16-11/h3-6,11H,7-9,14H2,1-2H3. The molecule has 1 aromatic carbocycles. The van der Waals surface area contributed by atoms with Crippen molar-refractivity contribution in [3.8, 4) is 5.75 Å². The molecule has 0 radical (unpaired) electrons. The highest BCUT2D eigenvalue weighted by Gasteiger charge is 2.25. The first-order valence-electron chi connectivity index (χ1n) is 5.82. The lowest BCUT2D eigenvalue weighted by atomic mass is 10.1. The number of benzene rings is 1. The molecular weight excluding hydrogens is 234 g/mol. The molecule has 3 nitrogen and oxygen atoms in total. The van der Waals surface area contributed by atoms with Gasteiger partial charge in [0, 0.05) is 28.5 Å². The van der Waals surface area contributed by atoms with E-state index in [4.69, 9.17) is 10.5 Å². The van der Waals surface area contributed by atoms with Gasteiger partial charge in [0.25, 0.3) is 0 Å². The van der Waals surface area contributed by atoms with Gasteiger partial charge < -0.3 is 10.5 Å². The lowest BCUT2D eigenvalue weighted by Crippen LogP contribution is -2.40. The van der Waals surface area contributed by atoms with E-state index in [0.29, 0.717) is 11.5 Å². The maximum absolute atomic E-state index is 11.9. The zero-order valence-corrected chi connectivity index (χ0v) is 11.1. The Morgan fingerprint density at radius 3 is 2.82 bits per heavy atom. The van der Waals surface area contributed by atoms with Crippen LogP contribution in [0.2, 0.25) is 0 Å². The Kier molecular flexibility index (Phi) is 3.54. The Hall–Kier alpha value is -0.870. The van der Waals surface area contributed by atoms with Gasteiger partial charge in [-0.05, 0) is 25.5 Å². The van der Waals surface area contributed by atoms with Crippen LogP contribution in [-0.2, 0) is 17.2 Å². The number of nitrogens with two attached hydrogens (primary N) is 1. The molecule has 0 aliphatic carbocycles. The highest BCUT2D eigenvalue weighted by molar-refractivity contribution is 7.85. The summed E-state index contributed by atoms with van der Waals surface area (Å²) in [5.74, 6) is 2.01. The normalized spacial score (nSPS) is 20.8. The van der Waals surface area contributed by atoms with Crippen LogP contribution in [0.5, 0.6) is 5.75 Å². The second kappa shape index (κ2) is 4.78. The summed E-state index contributed by atoms with van der Waals surface area (Å²) in [5.41, 5.74) is 6.69. The van der Waals surface area contributed by atoms with Crippen molar-refractivity contribution in [2.24, 2.45) is 5.73 Å². The lowest BCUT2D eigenvalue weighted by Gasteiger charge is -2.19. The molecule has 2 unspecified atom stereocenters. The van der Waals surface area contributed by atoms with Crippen LogP contribution in [0.4, 0.5) is 0 Å². The third-order valence-corrected chi connectivity index (χ3v) is 4.43. The molecule has 1 aliphatic rings. The van der Waals surface area contributed by atoms with E-state index in [1.54, 1.807) is 0 Å². The van der Waals surface area contributed by atoms with E-state index in [1.807, 2.05) is 32.0 Å². The smallest absolute Gasteiger partial charge is 0.123 e. The van der Waals surface area contributed by atoms with Crippen molar-refractivity contribution in [2.75, 3.05) is 11.5 Å². The van der Waals surface area contributed by atoms with Gasteiger partial charge in [0.2, 0.25) is 0 Å². The van der Waals surface area contributed by atoms with Gasteiger partial charge in [0.05, 0.1) is 5.75 Å². The molecule has 2 rings (SSSR count). The van der Waals surface area contributed by atoms with Crippen LogP contribution in [0.25, 0.3) is 0 Å². The van der Waals surface area contributed by atoms with Gasteiger partial charge in [-0.1, -0.05) is 18.2 Å². The van der Waals surface area contributed by atoms with Crippen molar-refractivity contribution in [2.45, 2.75) is 31.9 Å². The molecule has 0 amide bonds. The number of hydrogen-bond acceptors (Lipinski definition) is 3. The minimum atomic E-state index is -0.918. The van der Waals surface area contributed by atoms with Crippen LogP contribution < -0.4 is 10.5 Å². The summed E-state index contributed by atoms with van der Waals surface area (Å²) in [7, 11) is -0.918. The second-order valence-corrected chi connectivity index (χ2v) is 6.79. The number of para-hydroxylation sites is 1. The second-order valence-electron chi connectivity index (χ2n) is 5.29. The van der Waals surface area contributed by atoms with Crippen molar-refractivity contribution in [1.29, 1.82) is 0 Å². The van der Waals surface area contributed by atoms with Gasteiger partial charge in [0.1, 0.15) is 11.9 Å². The summed E-state index contributed by atoms with van der Waals surface area (Å²) in [5, 5.41) is 0. The molecule has 0 spiro atoms. The first-order valence-corrected chi connectivity index (χ1v) is 7.31. The maximum Gasteiger partial charge on any atom is 0.123 e. The predicted molar refractivity (Wildman–Crippen MR) is 70.7 cm³/mol. The summed E-state index contributed by atoms with van der Waals surface area (Å²) in [6.45, 7) is 3.80. The Morgan fingerprint density at radius 1 is 1.47 bits per heavy atom. The van der Waals surface area contributed by atoms with Gasteiger partial charge in [-0.25, -0.2) is 0 Å². The molecule has 1 aliphatic heterocycles. The Morgan fingerprint density at radius 2 is 2.18 bits per heavy atom. The topological polar surface area (TPSA) is 52.3 Å². The molecule has 2 atom stereocenters. The first kappa shape index (κ1) is 12.6. The SMILES string of the molecule is CC(C)(N)CS(=O)CC1Cc2ccccc2O1. The van der Waals surface area contributed by atoms with Crippen LogP contribution in [0, 0.1) is 0 Å². The zero-order chi connectivity index (χ0) is 12.5. The molecule has 0 bridgehead atoms. The summed E-state index contributed by atoms with van der Waals surface area (Å²) >= 11 is 0. The summed E-state index contributed by atoms with van der Waals surface area (Å²) in [4.78, 5) is 0. The molecule has 2 N–H and O–H groups in total. The van der Waals surface area contributed by atoms with Crippen molar-refractivity contribution >= 4 is 10.8 Å². The van der Waals surface area contributed by atoms with E-state index < -0.39 is 10.8 Å². The van der Waals surface area contributed by atoms with E-state index >= 15 is 0 Å². The summed E-state index contributed by atoms with van der Waals surface area (Å²) < 4.78 is 17.7. The predicted octanol–water partition coefficient (Wildman–Crippen LogP) is 1.48. The number of fused-ring (bicyclic) bond motifs is 1. The fraction of sp³-hybridized carbons (Fsp3) is 0.538. The maximum atomic E-state index is 11.9. The van der Waals surface area contributed by atoms with Gasteiger partial charge in [-0.2, -0.15) is 0 Å². The summed E-state index contributed by atoms with van der Waals surface area (Å²) in [6, 6.07) is 7.99. The zero-order valence-electron chi connectivity index (χ0n) is 10.3. The van der Waals surface area contributed by atoms with E-state index in [0.717, 1.165) is 12.2 Å². The van der Waals surface area contributed by atoms with E-state index in [9.17, 15) is 4.21 Å². The Bertz CT molecular complexity index is 401. The van der Waals surface area contributed by atoms with Crippen LogP contribution in [0.15, 0.2) is 24.3 Å². The molecular formula is C13H19NO2S. The monoisotopic (exact) mass is 253 g/mol. The van der Waals surface area contributed by atoms with Crippen LogP contribution in [-0.4, -0.2) is 27.4 Å². The minimum Gasteiger partial charge on any atom is -0.489 e. The van der Waals surface area contributed by atoms with Crippen molar-refractivity contribution in [3.05, 3.63) is 29.8 Å². The van der Waals surface area contributed by atoms with Crippen LogP contribution >= 0.6 is 0 Å². The Balaban J connectivity index is 1.90. The van der Waals surface area contributed by atoms with Gasteiger partial charge in [-0.15, -0.1) is 0 Å². The van der Waals surface area contributed by atoms with Gasteiger partial charge in [0.15, 0.2) is 0 Å². The molecule has 4 heteroatoms. The third kappa shape index (κ3) is 3.54. The van der Waals surface area contributed by atoms with Crippen molar-refractivity contribution in [3.63, 3.8) is 0 Å². The number of rotatable bonds is 4. The highest BCUT2D eigenvalue weighted by Crippen LogP contribution is 2.28. The molecule has 17 heavy (non-hydrogen) atoms. The van der Waals surface area contributed by atoms with Crippen LogP contribution in [0.1, 0.15) is 19.4 Å². The van der Waals surface area contributed by atoms with E-state index in [2.05, 4.69) is 6.07 Å². The Labute approximate surface area is 105 Å². The van der Waals surface area contributed by atoms with Gasteiger partial charge in [-0.3, -0.25) is 4.21 Å².